The van der Waals surface area contributed by atoms with Gasteiger partial charge < -0.3 is 9.47 Å². The van der Waals surface area contributed by atoms with Gasteiger partial charge in [-0.05, 0) is 99.1 Å². The van der Waals surface area contributed by atoms with Crippen LogP contribution in [0.2, 0.25) is 0 Å². The Bertz CT molecular complexity index is 3410. The lowest BCUT2D eigenvalue weighted by Gasteiger charge is -2.38. The van der Waals surface area contributed by atoms with Crippen molar-refractivity contribution in [3.05, 3.63) is 264 Å². The van der Waals surface area contributed by atoms with Gasteiger partial charge in [0.15, 0.2) is 0 Å². The maximum Gasteiger partial charge on any atom is 0.0629 e. The molecule has 318 valence electrons. The van der Waals surface area contributed by atoms with E-state index in [1.807, 2.05) is 24.3 Å². The van der Waals surface area contributed by atoms with Gasteiger partial charge in [-0.25, -0.2) is 0 Å². The maximum absolute atomic E-state index is 9.07. The molecule has 9 aromatic carbocycles. The highest BCUT2D eigenvalue weighted by Gasteiger charge is 2.37. The Kier molecular flexibility index (Phi) is 9.19. The summed E-state index contributed by atoms with van der Waals surface area (Å²) >= 11 is 0. The molecule has 2 nitrogen and oxygen atoms in total. The van der Waals surface area contributed by atoms with Gasteiger partial charge in [0.25, 0.3) is 0 Å². The largest absolute Gasteiger partial charge is 0.310 e. The van der Waals surface area contributed by atoms with Crippen molar-refractivity contribution in [1.82, 2.24) is 4.57 Å². The molecule has 0 unspecified atom stereocenters. The van der Waals surface area contributed by atoms with E-state index in [1.165, 1.54) is 22.3 Å². The number of rotatable bonds is 11. The molecule has 0 spiro atoms. The third kappa shape index (κ3) is 7.43. The number of aromatic nitrogens is 1. The van der Waals surface area contributed by atoms with Crippen LogP contribution >= 0.6 is 0 Å². The summed E-state index contributed by atoms with van der Waals surface area (Å²) in [7, 11) is 0. The van der Waals surface area contributed by atoms with Crippen molar-refractivity contribution in [2.45, 2.75) is 57.8 Å². The van der Waals surface area contributed by atoms with Crippen molar-refractivity contribution < 1.29 is 6.85 Å². The first kappa shape index (κ1) is 36.0. The summed E-state index contributed by atoms with van der Waals surface area (Å²) in [6, 6.07) is 69.1. The van der Waals surface area contributed by atoms with Gasteiger partial charge >= 0.3 is 0 Å². The monoisotopic (exact) mass is 845 g/mol. The third-order valence-electron chi connectivity index (χ3n) is 13.7. The maximum atomic E-state index is 9.07. The Morgan fingerprint density at radius 1 is 0.369 bits per heavy atom. The third-order valence-corrected chi connectivity index (χ3v) is 13.7. The molecule has 0 aliphatic carbocycles. The molecule has 0 aliphatic rings. The van der Waals surface area contributed by atoms with Crippen LogP contribution in [0.4, 0.5) is 17.1 Å². The predicted octanol–water partition coefficient (Wildman–Crippen LogP) is 16.9. The second kappa shape index (κ2) is 16.6. The highest BCUT2D eigenvalue weighted by molar-refractivity contribution is 6.12. The molecule has 0 saturated heterocycles. The lowest BCUT2D eigenvalue weighted by Crippen LogP contribution is -2.30. The van der Waals surface area contributed by atoms with Gasteiger partial charge in [0, 0.05) is 44.1 Å². The van der Waals surface area contributed by atoms with Gasteiger partial charge in [0.1, 0.15) is 0 Å². The zero-order chi connectivity index (χ0) is 49.1. The Morgan fingerprint density at radius 2 is 0.785 bits per heavy atom. The first-order valence-corrected chi connectivity index (χ1v) is 22.5. The molecule has 0 atom stereocenters. The minimum Gasteiger partial charge on any atom is -0.310 e. The van der Waals surface area contributed by atoms with Crippen molar-refractivity contribution in [1.29, 1.82) is 0 Å². The molecular formula is C63H56N2. The molecule has 0 amide bonds. The van der Waals surface area contributed by atoms with Crippen LogP contribution in [0.25, 0.3) is 38.6 Å². The van der Waals surface area contributed by atoms with E-state index in [4.69, 9.17) is 6.85 Å². The lowest BCUT2D eigenvalue weighted by atomic mass is 9.68. The van der Waals surface area contributed by atoms with Crippen LogP contribution < -0.4 is 4.90 Å². The fraction of sp³-hybridized carbons (Fsp3) is 0.143. The van der Waals surface area contributed by atoms with Crippen LogP contribution in [-0.2, 0) is 16.2 Å². The second-order valence-corrected chi connectivity index (χ2v) is 18.7. The molecule has 1 aromatic heterocycles. The molecule has 0 bridgehead atoms. The minimum absolute atomic E-state index is 0.171. The van der Waals surface area contributed by atoms with E-state index in [1.54, 1.807) is 0 Å². The van der Waals surface area contributed by atoms with Crippen LogP contribution in [0, 0.1) is 0 Å². The van der Waals surface area contributed by atoms with Crippen molar-refractivity contribution in [3.63, 3.8) is 0 Å². The summed E-state index contributed by atoms with van der Waals surface area (Å²) in [6.07, 6.45) is 0. The van der Waals surface area contributed by atoms with Crippen LogP contribution in [-0.4, -0.2) is 4.57 Å². The number of benzene rings is 9. The molecular weight excluding hydrogens is 785 g/mol. The van der Waals surface area contributed by atoms with Crippen LogP contribution in [0.5, 0.6) is 0 Å². The number of hydrogen-bond donors (Lipinski definition) is 0. The Morgan fingerprint density at radius 3 is 1.26 bits per heavy atom. The van der Waals surface area contributed by atoms with Crippen molar-refractivity contribution in [2.75, 3.05) is 4.90 Å². The molecule has 0 N–H and O–H groups in total. The Balaban J connectivity index is 1.38. The summed E-state index contributed by atoms with van der Waals surface area (Å²) in [6.45, 7) is 14.0. The molecule has 10 rings (SSSR count). The average molecular weight is 846 g/mol. The average Bonchev–Trinajstić information content (AvgIpc) is 3.71. The number of hydrogen-bond acceptors (Lipinski definition) is 1. The number of fused-ring (bicyclic) bond motifs is 3. The van der Waals surface area contributed by atoms with Crippen molar-refractivity contribution in [3.8, 4) is 16.8 Å². The first-order chi connectivity index (χ1) is 33.6. The quantitative estimate of drug-likeness (QED) is 0.126. The first-order valence-electron chi connectivity index (χ1n) is 25.0. The molecule has 0 aliphatic heterocycles. The zero-order valence-electron chi connectivity index (χ0n) is 42.9. The van der Waals surface area contributed by atoms with Gasteiger partial charge in [-0.1, -0.05) is 217 Å². The highest BCUT2D eigenvalue weighted by Crippen LogP contribution is 2.49. The summed E-state index contributed by atoms with van der Waals surface area (Å²) in [5, 5.41) is 1.85. The molecule has 65 heavy (non-hydrogen) atoms. The van der Waals surface area contributed by atoms with Gasteiger partial charge in [-0.15, -0.1) is 0 Å². The zero-order valence-corrected chi connectivity index (χ0v) is 37.9. The highest BCUT2D eigenvalue weighted by atomic mass is 15.1. The summed E-state index contributed by atoms with van der Waals surface area (Å²) < 4.78 is 46.3. The van der Waals surface area contributed by atoms with Gasteiger partial charge in [-0.3, -0.25) is 0 Å². The predicted molar refractivity (Wildman–Crippen MR) is 277 cm³/mol. The number of para-hydroxylation sites is 2. The lowest BCUT2D eigenvalue weighted by molar-refractivity contribution is 0.591. The van der Waals surface area contributed by atoms with Crippen LogP contribution in [0.1, 0.15) is 81.8 Å². The molecule has 0 saturated carbocycles. The fourth-order valence-corrected chi connectivity index (χ4v) is 9.77. The van der Waals surface area contributed by atoms with E-state index >= 15 is 0 Å². The molecule has 1 heterocycles. The van der Waals surface area contributed by atoms with E-state index in [9.17, 15) is 0 Å². The second-order valence-electron chi connectivity index (χ2n) is 18.7. The molecule has 10 aromatic rings. The smallest absolute Gasteiger partial charge is 0.0629 e. The summed E-state index contributed by atoms with van der Waals surface area (Å²) in [4.78, 5) is 2.26. The fourth-order valence-electron chi connectivity index (χ4n) is 9.77. The minimum atomic E-state index is -0.519. The standard InChI is InChI=1S/C63H56N2/c1-61(2,47-27-15-8-16-28-47)50-42-56(62(3,4)48-29-17-9-18-30-48)60(57(43-50)63(5,6)49-31-19-10-20-32-49)65-58-39-37-46(45-25-13-7-14-26-45)41-54(58)55-44-53(38-40-59(55)65)64(51-33-21-11-22-34-51)52-35-23-12-24-36-52/h7-44H,1-6H3/i7D,13D,14D,25D,26D. The van der Waals surface area contributed by atoms with E-state index in [0.717, 1.165) is 55.7 Å². The summed E-state index contributed by atoms with van der Waals surface area (Å²) in [5.74, 6) is 0. The van der Waals surface area contributed by atoms with Crippen LogP contribution in [0.15, 0.2) is 230 Å². The number of nitrogens with zero attached hydrogens (tertiary/aromatic N) is 2. The van der Waals surface area contributed by atoms with Gasteiger partial charge in [-0.2, -0.15) is 0 Å². The SMILES string of the molecule is [2H]c1c([2H])c([2H])c(-c2ccc3c(c2)c2cc(N(c4ccccc4)c4ccccc4)ccc2n3-c2c(C(C)(C)c3ccccc3)cc(C(C)(C)c3ccccc3)cc2C(C)(C)c2ccccc2)c([2H])c1[2H]. The molecule has 2 heteroatoms. The van der Waals surface area contributed by atoms with Gasteiger partial charge in [0.05, 0.1) is 23.6 Å². The van der Waals surface area contributed by atoms with Crippen LogP contribution in [0.3, 0.4) is 0 Å². The van der Waals surface area contributed by atoms with E-state index in [0.29, 0.717) is 5.56 Å². The Labute approximate surface area is 392 Å². The van der Waals surface area contributed by atoms with Crippen molar-refractivity contribution in [2.24, 2.45) is 0 Å². The molecule has 0 radical (unpaired) electrons. The van der Waals surface area contributed by atoms with E-state index < -0.39 is 16.9 Å². The Hall–Kier alpha value is -7.42. The van der Waals surface area contributed by atoms with Gasteiger partial charge in [0.2, 0.25) is 0 Å². The topological polar surface area (TPSA) is 8.17 Å². The normalized spacial score (nSPS) is 13.2. The summed E-state index contributed by atoms with van der Waals surface area (Å²) in [5.41, 5.74) is 12.3. The van der Waals surface area contributed by atoms with E-state index in [2.05, 4.69) is 227 Å². The molecule has 0 fully saturated rings. The van der Waals surface area contributed by atoms with Crippen molar-refractivity contribution >= 4 is 38.9 Å². The number of anilines is 3. The van der Waals surface area contributed by atoms with E-state index in [-0.39, 0.29) is 35.1 Å².